The predicted molar refractivity (Wildman–Crippen MR) is 152 cm³/mol. The van der Waals surface area contributed by atoms with Gasteiger partial charge >= 0.3 is 5.97 Å². The largest absolute Gasteiger partial charge is 0.497 e. The number of ether oxygens (including phenoxy) is 3. The molecule has 6 nitrogen and oxygen atoms in total. The van der Waals surface area contributed by atoms with Crippen LogP contribution in [0, 0.1) is 5.41 Å². The normalized spacial score (nSPS) is 12.7. The lowest BCUT2D eigenvalue weighted by molar-refractivity contribution is -0.143. The molecule has 0 spiro atoms. The molecule has 0 aliphatic rings. The van der Waals surface area contributed by atoms with E-state index < -0.39 is 23.6 Å². The number of benzene rings is 3. The maximum absolute atomic E-state index is 12.3. The van der Waals surface area contributed by atoms with Gasteiger partial charge in [0.2, 0.25) is 0 Å². The van der Waals surface area contributed by atoms with E-state index in [9.17, 15) is 14.7 Å². The second kappa shape index (κ2) is 14.4. The predicted octanol–water partition coefficient (Wildman–Crippen LogP) is 6.01. The summed E-state index contributed by atoms with van der Waals surface area (Å²) < 4.78 is 16.3. The summed E-state index contributed by atoms with van der Waals surface area (Å²) in [5, 5.41) is 10.9. The van der Waals surface area contributed by atoms with Crippen molar-refractivity contribution in [1.82, 2.24) is 0 Å². The molecule has 0 saturated heterocycles. The van der Waals surface area contributed by atoms with Gasteiger partial charge in [-0.1, -0.05) is 92.7 Å². The van der Waals surface area contributed by atoms with Gasteiger partial charge in [-0.25, -0.2) is 0 Å². The zero-order valence-electron chi connectivity index (χ0n) is 23.1. The van der Waals surface area contributed by atoms with Crippen molar-refractivity contribution in [2.45, 2.75) is 51.9 Å². The molecule has 0 saturated carbocycles. The van der Waals surface area contributed by atoms with Gasteiger partial charge in [-0.3, -0.25) is 9.59 Å². The fourth-order valence-corrected chi connectivity index (χ4v) is 4.44. The van der Waals surface area contributed by atoms with Crippen molar-refractivity contribution >= 4 is 17.3 Å². The molecule has 0 bridgehead atoms. The molecule has 3 aromatic rings. The summed E-state index contributed by atoms with van der Waals surface area (Å²) in [6.07, 6.45) is 0.459. The molecule has 39 heavy (non-hydrogen) atoms. The molecule has 0 aliphatic carbocycles. The van der Waals surface area contributed by atoms with Crippen LogP contribution in [-0.4, -0.2) is 43.3 Å². The van der Waals surface area contributed by atoms with Gasteiger partial charge in [-0.05, 0) is 34.4 Å². The Morgan fingerprint density at radius 3 is 1.95 bits per heavy atom. The van der Waals surface area contributed by atoms with E-state index in [2.05, 4.69) is 48.9 Å². The van der Waals surface area contributed by atoms with E-state index in [4.69, 9.17) is 9.47 Å². The molecule has 6 heteroatoms. The number of hydrogen-bond acceptors (Lipinski definition) is 6. The molecule has 206 valence electrons. The SMILES string of the molecule is COC(=O)CC(=O)C[C@@H](O)C[C@H](OCc1ccc(OC)cc1)C(C)(C)C=C(c1ccccc1)c1ccccc1. The van der Waals surface area contributed by atoms with Crippen molar-refractivity contribution in [3.63, 3.8) is 0 Å². The van der Waals surface area contributed by atoms with E-state index in [0.717, 1.165) is 28.0 Å². The lowest BCUT2D eigenvalue weighted by Gasteiger charge is -2.34. The first kappa shape index (κ1) is 29.8. The zero-order valence-corrected chi connectivity index (χ0v) is 23.1. The number of ketones is 1. The molecule has 0 aliphatic heterocycles. The van der Waals surface area contributed by atoms with Crippen LogP contribution < -0.4 is 4.74 Å². The van der Waals surface area contributed by atoms with Gasteiger partial charge in [0.25, 0.3) is 0 Å². The Hall–Kier alpha value is -3.74. The maximum atomic E-state index is 12.3. The Balaban J connectivity index is 1.91. The number of esters is 1. The summed E-state index contributed by atoms with van der Waals surface area (Å²) in [6.45, 7) is 4.46. The van der Waals surface area contributed by atoms with Crippen molar-refractivity contribution in [1.29, 1.82) is 0 Å². The molecule has 0 unspecified atom stereocenters. The molecule has 3 aromatic carbocycles. The van der Waals surface area contributed by atoms with Crippen LogP contribution in [0.25, 0.3) is 5.57 Å². The third-order valence-electron chi connectivity index (χ3n) is 6.64. The van der Waals surface area contributed by atoms with E-state index >= 15 is 0 Å². The highest BCUT2D eigenvalue weighted by Gasteiger charge is 2.32. The van der Waals surface area contributed by atoms with Crippen molar-refractivity contribution < 1.29 is 28.9 Å². The van der Waals surface area contributed by atoms with Gasteiger partial charge in [0.15, 0.2) is 0 Å². The Morgan fingerprint density at radius 2 is 1.44 bits per heavy atom. The van der Waals surface area contributed by atoms with E-state index in [-0.39, 0.29) is 25.0 Å². The van der Waals surface area contributed by atoms with Gasteiger partial charge in [0, 0.05) is 18.3 Å². The Labute approximate surface area is 231 Å². The molecule has 0 heterocycles. The molecule has 0 amide bonds. The maximum Gasteiger partial charge on any atom is 0.313 e. The molecule has 1 N–H and O–H groups in total. The Kier molecular flexibility index (Phi) is 11.0. The fourth-order valence-electron chi connectivity index (χ4n) is 4.44. The highest BCUT2D eigenvalue weighted by molar-refractivity contribution is 5.95. The van der Waals surface area contributed by atoms with E-state index in [1.54, 1.807) is 7.11 Å². The zero-order chi connectivity index (χ0) is 28.3. The average Bonchev–Trinajstić information content (AvgIpc) is 2.95. The highest BCUT2D eigenvalue weighted by atomic mass is 16.5. The summed E-state index contributed by atoms with van der Waals surface area (Å²) in [5.74, 6) is -0.225. The molecular weight excluding hydrogens is 492 g/mol. The third kappa shape index (κ3) is 9.20. The minimum Gasteiger partial charge on any atom is -0.497 e. The molecule has 0 radical (unpaired) electrons. The van der Waals surface area contributed by atoms with Crippen molar-refractivity contribution in [2.75, 3.05) is 14.2 Å². The van der Waals surface area contributed by atoms with Crippen LogP contribution in [0.3, 0.4) is 0 Å². The fraction of sp³-hybridized carbons (Fsp3) is 0.333. The minimum atomic E-state index is -0.979. The monoisotopic (exact) mass is 530 g/mol. The van der Waals surface area contributed by atoms with Crippen LogP contribution in [0.4, 0.5) is 0 Å². The van der Waals surface area contributed by atoms with Crippen LogP contribution in [0.2, 0.25) is 0 Å². The molecule has 0 aromatic heterocycles. The third-order valence-corrected chi connectivity index (χ3v) is 6.64. The summed E-state index contributed by atoms with van der Waals surface area (Å²) in [4.78, 5) is 23.8. The van der Waals surface area contributed by atoms with Gasteiger partial charge in [0.05, 0.1) is 33.0 Å². The number of methoxy groups -OCH3 is 2. The summed E-state index contributed by atoms with van der Waals surface area (Å²) in [5.41, 5.74) is 3.61. The standard InChI is InChI=1S/C33H38O6/c1-33(2,22-30(25-11-7-5-8-12-25)26-13-9-6-10-14-26)31(20-27(34)19-28(35)21-32(36)38-4)39-23-24-15-17-29(37-3)18-16-24/h5-18,22,27,31,34H,19-21,23H2,1-4H3/t27-,31+/m1/s1. The molecule has 0 fully saturated rings. The number of aliphatic hydroxyl groups is 1. The first-order chi connectivity index (χ1) is 18.7. The number of carbonyl (C=O) groups excluding carboxylic acids is 2. The summed E-state index contributed by atoms with van der Waals surface area (Å²) in [6, 6.07) is 27.9. The van der Waals surface area contributed by atoms with Crippen molar-refractivity contribution in [3.05, 3.63) is 108 Å². The van der Waals surface area contributed by atoms with Crippen LogP contribution in [0.15, 0.2) is 91.0 Å². The summed E-state index contributed by atoms with van der Waals surface area (Å²) in [7, 11) is 2.86. The minimum absolute atomic E-state index is 0.151. The van der Waals surface area contributed by atoms with Gasteiger partial charge in [0.1, 0.15) is 18.0 Å². The van der Waals surface area contributed by atoms with Crippen LogP contribution in [-0.2, 0) is 25.7 Å². The Morgan fingerprint density at radius 1 is 0.872 bits per heavy atom. The van der Waals surface area contributed by atoms with E-state index in [0.29, 0.717) is 6.61 Å². The number of aliphatic hydroxyl groups excluding tert-OH is 1. The second-order valence-corrected chi connectivity index (χ2v) is 10.1. The first-order valence-electron chi connectivity index (χ1n) is 13.1. The van der Waals surface area contributed by atoms with Gasteiger partial charge in [-0.15, -0.1) is 0 Å². The summed E-state index contributed by atoms with van der Waals surface area (Å²) >= 11 is 0. The highest BCUT2D eigenvalue weighted by Crippen LogP contribution is 2.36. The van der Waals surface area contributed by atoms with Crippen LogP contribution >= 0.6 is 0 Å². The Bertz CT molecular complexity index is 1170. The van der Waals surface area contributed by atoms with Crippen molar-refractivity contribution in [3.8, 4) is 5.75 Å². The number of carbonyl (C=O) groups is 2. The van der Waals surface area contributed by atoms with E-state index in [1.165, 1.54) is 7.11 Å². The van der Waals surface area contributed by atoms with Crippen LogP contribution in [0.5, 0.6) is 5.75 Å². The van der Waals surface area contributed by atoms with Gasteiger partial charge < -0.3 is 19.3 Å². The second-order valence-electron chi connectivity index (χ2n) is 10.1. The lowest BCUT2D eigenvalue weighted by atomic mass is 9.79. The number of Topliss-reactive ketones (excluding diaryl/α,β-unsaturated/α-hetero) is 1. The van der Waals surface area contributed by atoms with E-state index in [1.807, 2.05) is 60.7 Å². The number of rotatable bonds is 14. The number of hydrogen-bond donors (Lipinski definition) is 1. The van der Waals surface area contributed by atoms with Gasteiger partial charge in [-0.2, -0.15) is 0 Å². The quantitative estimate of drug-likeness (QED) is 0.203. The molecule has 2 atom stereocenters. The average molecular weight is 531 g/mol. The van der Waals surface area contributed by atoms with Crippen LogP contribution in [0.1, 0.15) is 49.8 Å². The first-order valence-corrected chi connectivity index (χ1v) is 13.1. The smallest absolute Gasteiger partial charge is 0.313 e. The van der Waals surface area contributed by atoms with Crippen molar-refractivity contribution in [2.24, 2.45) is 5.41 Å². The molecular formula is C33H38O6. The molecule has 3 rings (SSSR count). The topological polar surface area (TPSA) is 82.1 Å². The lowest BCUT2D eigenvalue weighted by Crippen LogP contribution is -2.35.